The summed E-state index contributed by atoms with van der Waals surface area (Å²) in [6, 6.07) is 8.21. The van der Waals surface area contributed by atoms with Gasteiger partial charge in [-0.3, -0.25) is 0 Å². The third kappa shape index (κ3) is 2.98. The van der Waals surface area contributed by atoms with Gasteiger partial charge in [-0.05, 0) is 17.0 Å². The van der Waals surface area contributed by atoms with Crippen molar-refractivity contribution in [1.82, 2.24) is 0 Å². The van der Waals surface area contributed by atoms with Gasteiger partial charge in [0, 0.05) is 12.6 Å². The van der Waals surface area contributed by atoms with Crippen LogP contribution in [-0.2, 0) is 0 Å². The van der Waals surface area contributed by atoms with Crippen LogP contribution in [0.25, 0.3) is 0 Å². The molecule has 0 aliphatic rings. The first-order valence-corrected chi connectivity index (χ1v) is 4.71. The third-order valence-corrected chi connectivity index (χ3v) is 2.27. The first-order valence-electron chi connectivity index (χ1n) is 4.71. The van der Waals surface area contributed by atoms with E-state index in [-0.39, 0.29) is 18.4 Å². The van der Waals surface area contributed by atoms with Crippen LogP contribution >= 0.6 is 12.4 Å². The van der Waals surface area contributed by atoms with E-state index in [4.69, 9.17) is 11.5 Å². The van der Waals surface area contributed by atoms with Gasteiger partial charge in [-0.25, -0.2) is 0 Å². The monoisotopic (exact) mass is 214 g/mol. The Hall–Kier alpha value is -0.570. The molecule has 0 saturated heterocycles. The zero-order chi connectivity index (χ0) is 9.84. The predicted octanol–water partition coefficient (Wildman–Crippen LogP) is 2.19. The van der Waals surface area contributed by atoms with Crippen molar-refractivity contribution in [3.63, 3.8) is 0 Å². The van der Waals surface area contributed by atoms with Crippen LogP contribution in [0, 0.1) is 0 Å². The molecule has 0 amide bonds. The lowest BCUT2D eigenvalue weighted by molar-refractivity contribution is 0.710. The van der Waals surface area contributed by atoms with E-state index in [1.165, 1.54) is 11.1 Å². The van der Waals surface area contributed by atoms with Gasteiger partial charge in [0.2, 0.25) is 0 Å². The molecule has 0 fully saturated rings. The van der Waals surface area contributed by atoms with Crippen molar-refractivity contribution < 1.29 is 0 Å². The SMILES string of the molecule is CC(C)c1ccccc1[C@H](N)CN.Cl. The topological polar surface area (TPSA) is 52.0 Å². The minimum absolute atomic E-state index is 0. The summed E-state index contributed by atoms with van der Waals surface area (Å²) in [5.74, 6) is 0.508. The number of rotatable bonds is 3. The molecule has 2 nitrogen and oxygen atoms in total. The van der Waals surface area contributed by atoms with E-state index in [1.807, 2.05) is 12.1 Å². The highest BCUT2D eigenvalue weighted by atomic mass is 35.5. The average Bonchev–Trinajstić information content (AvgIpc) is 2.16. The summed E-state index contributed by atoms with van der Waals surface area (Å²) in [7, 11) is 0. The molecule has 0 saturated carbocycles. The highest BCUT2D eigenvalue weighted by molar-refractivity contribution is 5.85. The molecule has 1 aromatic rings. The molecule has 0 unspecified atom stereocenters. The van der Waals surface area contributed by atoms with Crippen LogP contribution in [0.2, 0.25) is 0 Å². The third-order valence-electron chi connectivity index (χ3n) is 2.27. The number of hydrogen-bond acceptors (Lipinski definition) is 2. The lowest BCUT2D eigenvalue weighted by Gasteiger charge is -2.16. The summed E-state index contributed by atoms with van der Waals surface area (Å²) < 4.78 is 0. The van der Waals surface area contributed by atoms with E-state index in [0.29, 0.717) is 12.5 Å². The van der Waals surface area contributed by atoms with Crippen molar-refractivity contribution in [1.29, 1.82) is 0 Å². The van der Waals surface area contributed by atoms with Crippen molar-refractivity contribution >= 4 is 12.4 Å². The van der Waals surface area contributed by atoms with Crippen LogP contribution in [0.1, 0.15) is 36.9 Å². The maximum atomic E-state index is 5.91. The molecule has 1 aromatic carbocycles. The fourth-order valence-electron chi connectivity index (χ4n) is 1.50. The first kappa shape index (κ1) is 13.4. The Morgan fingerprint density at radius 2 is 1.64 bits per heavy atom. The van der Waals surface area contributed by atoms with E-state index < -0.39 is 0 Å². The molecule has 0 aliphatic heterocycles. The van der Waals surface area contributed by atoms with Gasteiger partial charge in [0.25, 0.3) is 0 Å². The molecule has 0 bridgehead atoms. The Morgan fingerprint density at radius 1 is 1.14 bits per heavy atom. The molecular formula is C11H19ClN2. The summed E-state index contributed by atoms with van der Waals surface area (Å²) in [6.45, 7) is 4.84. The van der Waals surface area contributed by atoms with Gasteiger partial charge in [-0.15, -0.1) is 12.4 Å². The molecule has 4 N–H and O–H groups in total. The number of benzene rings is 1. The highest BCUT2D eigenvalue weighted by Gasteiger charge is 2.10. The molecule has 0 heterocycles. The lowest BCUT2D eigenvalue weighted by atomic mass is 9.93. The minimum Gasteiger partial charge on any atom is -0.329 e. The molecule has 0 aromatic heterocycles. The quantitative estimate of drug-likeness (QED) is 0.811. The van der Waals surface area contributed by atoms with Crippen molar-refractivity contribution in [2.24, 2.45) is 11.5 Å². The van der Waals surface area contributed by atoms with Gasteiger partial charge in [0.05, 0.1) is 0 Å². The highest BCUT2D eigenvalue weighted by Crippen LogP contribution is 2.22. The summed E-state index contributed by atoms with van der Waals surface area (Å²) in [6.07, 6.45) is 0. The fraction of sp³-hybridized carbons (Fsp3) is 0.455. The average molecular weight is 215 g/mol. The molecule has 3 heteroatoms. The second-order valence-corrected chi connectivity index (χ2v) is 3.63. The minimum atomic E-state index is -0.0291. The lowest BCUT2D eigenvalue weighted by Crippen LogP contribution is -2.22. The second-order valence-electron chi connectivity index (χ2n) is 3.63. The largest absolute Gasteiger partial charge is 0.329 e. The van der Waals surface area contributed by atoms with Crippen LogP contribution in [0.5, 0.6) is 0 Å². The first-order chi connectivity index (χ1) is 6.16. The van der Waals surface area contributed by atoms with Crippen LogP contribution in [0.4, 0.5) is 0 Å². The molecule has 14 heavy (non-hydrogen) atoms. The molecule has 0 radical (unpaired) electrons. The second kappa shape index (κ2) is 6.02. The van der Waals surface area contributed by atoms with E-state index in [2.05, 4.69) is 26.0 Å². The molecule has 0 spiro atoms. The van der Waals surface area contributed by atoms with Crippen molar-refractivity contribution in [3.8, 4) is 0 Å². The smallest absolute Gasteiger partial charge is 0.0422 e. The van der Waals surface area contributed by atoms with Gasteiger partial charge < -0.3 is 11.5 Å². The summed E-state index contributed by atoms with van der Waals surface area (Å²) >= 11 is 0. The van der Waals surface area contributed by atoms with Crippen molar-refractivity contribution in [3.05, 3.63) is 35.4 Å². The zero-order valence-electron chi connectivity index (χ0n) is 8.73. The van der Waals surface area contributed by atoms with Crippen LogP contribution in [-0.4, -0.2) is 6.54 Å². The predicted molar refractivity (Wildman–Crippen MR) is 63.8 cm³/mol. The van der Waals surface area contributed by atoms with Gasteiger partial charge in [-0.1, -0.05) is 38.1 Å². The zero-order valence-corrected chi connectivity index (χ0v) is 9.55. The van der Waals surface area contributed by atoms with Crippen molar-refractivity contribution in [2.45, 2.75) is 25.8 Å². The van der Waals surface area contributed by atoms with Crippen LogP contribution in [0.15, 0.2) is 24.3 Å². The Bertz CT molecular complexity index is 274. The maximum absolute atomic E-state index is 5.91. The van der Waals surface area contributed by atoms with E-state index >= 15 is 0 Å². The van der Waals surface area contributed by atoms with Gasteiger partial charge in [0.15, 0.2) is 0 Å². The molecular weight excluding hydrogens is 196 g/mol. The molecule has 0 aliphatic carbocycles. The standard InChI is InChI=1S/C11H18N2.ClH/c1-8(2)9-5-3-4-6-10(9)11(13)7-12;/h3-6,8,11H,7,12-13H2,1-2H3;1H/t11-;/m1./s1. The molecule has 1 rings (SSSR count). The van der Waals surface area contributed by atoms with Gasteiger partial charge in [-0.2, -0.15) is 0 Å². The maximum Gasteiger partial charge on any atom is 0.0422 e. The summed E-state index contributed by atoms with van der Waals surface area (Å²) in [4.78, 5) is 0. The normalized spacial score (nSPS) is 12.4. The molecule has 80 valence electrons. The van der Waals surface area contributed by atoms with Crippen LogP contribution in [0.3, 0.4) is 0 Å². The summed E-state index contributed by atoms with van der Waals surface area (Å²) in [5, 5.41) is 0. The number of nitrogens with two attached hydrogens (primary N) is 2. The van der Waals surface area contributed by atoms with E-state index in [1.54, 1.807) is 0 Å². The van der Waals surface area contributed by atoms with Gasteiger partial charge >= 0.3 is 0 Å². The number of hydrogen-bond donors (Lipinski definition) is 2. The Kier molecular flexibility index (Phi) is 5.77. The number of halogens is 1. The van der Waals surface area contributed by atoms with E-state index in [0.717, 1.165) is 0 Å². The fourth-order valence-corrected chi connectivity index (χ4v) is 1.50. The van der Waals surface area contributed by atoms with Crippen LogP contribution < -0.4 is 11.5 Å². The molecule has 1 atom stereocenters. The van der Waals surface area contributed by atoms with Gasteiger partial charge in [0.1, 0.15) is 0 Å². The summed E-state index contributed by atoms with van der Waals surface area (Å²) in [5.41, 5.74) is 13.9. The Labute approximate surface area is 92.1 Å². The Balaban J connectivity index is 0.00000169. The Morgan fingerprint density at radius 3 is 2.07 bits per heavy atom. The van der Waals surface area contributed by atoms with E-state index in [9.17, 15) is 0 Å². The van der Waals surface area contributed by atoms with Crippen molar-refractivity contribution in [2.75, 3.05) is 6.54 Å².